The lowest BCUT2D eigenvalue weighted by Crippen LogP contribution is -2.34. The molecular formula is C28H32ClFN4O2. The second kappa shape index (κ2) is 10.9. The zero-order valence-corrected chi connectivity index (χ0v) is 21.4. The minimum atomic E-state index is -0.193. The normalized spacial score (nSPS) is 21.7. The molecule has 1 saturated carbocycles. The van der Waals surface area contributed by atoms with Crippen LogP contribution in [-0.4, -0.2) is 30.9 Å². The molecule has 0 spiro atoms. The predicted molar refractivity (Wildman–Crippen MR) is 140 cm³/mol. The van der Waals surface area contributed by atoms with Crippen molar-refractivity contribution in [2.45, 2.75) is 56.9 Å². The molecule has 2 aliphatic rings. The van der Waals surface area contributed by atoms with Crippen molar-refractivity contribution in [2.75, 3.05) is 19.5 Å². The molecule has 36 heavy (non-hydrogen) atoms. The summed E-state index contributed by atoms with van der Waals surface area (Å²) in [5.41, 5.74) is 2.11. The SMILES string of the molecule is COc1cc(OC)c(C2Cn3ccc(=NC4CCC(NCc5ccc(F)cc5)CC4)cc3N2)cc1Cl. The Morgan fingerprint density at radius 3 is 2.50 bits per heavy atom. The highest BCUT2D eigenvalue weighted by Crippen LogP contribution is 2.39. The highest BCUT2D eigenvalue weighted by Gasteiger charge is 2.25. The minimum absolute atomic E-state index is 0.0428. The Bertz CT molecular complexity index is 1270. The molecule has 0 saturated heterocycles. The number of pyridine rings is 1. The summed E-state index contributed by atoms with van der Waals surface area (Å²) in [6, 6.07) is 15.5. The Hall–Kier alpha value is -3.03. The molecule has 3 aromatic rings. The van der Waals surface area contributed by atoms with Gasteiger partial charge in [0.05, 0.1) is 36.7 Å². The number of hydrogen-bond acceptors (Lipinski definition) is 5. The summed E-state index contributed by atoms with van der Waals surface area (Å²) in [5.74, 6) is 2.19. The molecule has 6 nitrogen and oxygen atoms in total. The van der Waals surface area contributed by atoms with Gasteiger partial charge in [-0.25, -0.2) is 4.39 Å². The van der Waals surface area contributed by atoms with Crippen LogP contribution in [0.15, 0.2) is 59.7 Å². The van der Waals surface area contributed by atoms with E-state index >= 15 is 0 Å². The van der Waals surface area contributed by atoms with E-state index < -0.39 is 0 Å². The van der Waals surface area contributed by atoms with E-state index in [2.05, 4.69) is 33.5 Å². The summed E-state index contributed by atoms with van der Waals surface area (Å²) >= 11 is 6.40. The van der Waals surface area contributed by atoms with Gasteiger partial charge in [0.25, 0.3) is 0 Å². The van der Waals surface area contributed by atoms with Crippen molar-refractivity contribution in [1.29, 1.82) is 0 Å². The lowest BCUT2D eigenvalue weighted by Gasteiger charge is -2.27. The van der Waals surface area contributed by atoms with E-state index in [0.717, 1.165) is 66.8 Å². The van der Waals surface area contributed by atoms with Gasteiger partial charge >= 0.3 is 0 Å². The monoisotopic (exact) mass is 510 g/mol. The molecular weight excluding hydrogens is 479 g/mol. The molecule has 1 aliphatic carbocycles. The molecule has 2 N–H and O–H groups in total. The second-order valence-corrected chi connectivity index (χ2v) is 9.90. The number of anilines is 1. The number of ether oxygens (including phenoxy) is 2. The van der Waals surface area contributed by atoms with E-state index in [1.807, 2.05) is 24.3 Å². The fourth-order valence-electron chi connectivity index (χ4n) is 5.12. The Kier molecular flexibility index (Phi) is 7.48. The zero-order valence-electron chi connectivity index (χ0n) is 20.6. The van der Waals surface area contributed by atoms with Gasteiger partial charge in [-0.05, 0) is 55.5 Å². The van der Waals surface area contributed by atoms with Gasteiger partial charge in [-0.2, -0.15) is 0 Å². The first-order valence-corrected chi connectivity index (χ1v) is 12.8. The Labute approximate surface area is 216 Å². The summed E-state index contributed by atoms with van der Waals surface area (Å²) in [6.45, 7) is 1.55. The van der Waals surface area contributed by atoms with Crippen LogP contribution in [0.25, 0.3) is 0 Å². The molecule has 1 aromatic heterocycles. The van der Waals surface area contributed by atoms with E-state index in [4.69, 9.17) is 26.1 Å². The Morgan fingerprint density at radius 1 is 1.03 bits per heavy atom. The lowest BCUT2D eigenvalue weighted by molar-refractivity contribution is 0.340. The highest BCUT2D eigenvalue weighted by atomic mass is 35.5. The number of methoxy groups -OCH3 is 2. The number of aromatic nitrogens is 1. The summed E-state index contributed by atoms with van der Waals surface area (Å²) in [6.07, 6.45) is 6.39. The molecule has 2 heterocycles. The molecule has 8 heteroatoms. The minimum Gasteiger partial charge on any atom is -0.496 e. The maximum absolute atomic E-state index is 13.1. The van der Waals surface area contributed by atoms with Gasteiger partial charge in [0.15, 0.2) is 0 Å². The van der Waals surface area contributed by atoms with E-state index in [1.54, 1.807) is 14.2 Å². The lowest BCUT2D eigenvalue weighted by atomic mass is 9.91. The standard InChI is InChI=1S/C28H32ClFN4O2/c1-35-26-15-27(36-2)24(29)14-23(26)25-17-34-12-11-22(13-28(34)33-25)32-21-9-7-20(8-10-21)31-16-18-3-5-19(30)6-4-18/h3-6,11-15,20-21,25,31,33H,7-10,16-17H2,1-2H3. The van der Waals surface area contributed by atoms with Crippen LogP contribution < -0.4 is 25.5 Å². The van der Waals surface area contributed by atoms with Crippen LogP contribution in [-0.2, 0) is 13.1 Å². The van der Waals surface area contributed by atoms with Crippen LogP contribution in [0.1, 0.15) is 42.9 Å². The summed E-state index contributed by atoms with van der Waals surface area (Å²) < 4.78 is 26.2. The van der Waals surface area contributed by atoms with Gasteiger partial charge in [-0.15, -0.1) is 0 Å². The first-order chi connectivity index (χ1) is 17.5. The van der Waals surface area contributed by atoms with Crippen LogP contribution in [0.3, 0.4) is 0 Å². The van der Waals surface area contributed by atoms with E-state index in [0.29, 0.717) is 22.9 Å². The maximum Gasteiger partial charge on any atom is 0.141 e. The van der Waals surface area contributed by atoms with Gasteiger partial charge in [-0.1, -0.05) is 23.7 Å². The van der Waals surface area contributed by atoms with E-state index in [1.165, 1.54) is 12.1 Å². The number of hydrogen-bond donors (Lipinski definition) is 2. The molecule has 1 fully saturated rings. The molecule has 2 aromatic carbocycles. The van der Waals surface area contributed by atoms with Crippen molar-refractivity contribution >= 4 is 17.4 Å². The maximum atomic E-state index is 13.1. The molecule has 0 radical (unpaired) electrons. The summed E-state index contributed by atoms with van der Waals surface area (Å²) in [5, 5.41) is 8.77. The zero-order chi connectivity index (χ0) is 25.1. The van der Waals surface area contributed by atoms with Crippen molar-refractivity contribution in [3.8, 4) is 11.5 Å². The first-order valence-electron chi connectivity index (χ1n) is 12.4. The van der Waals surface area contributed by atoms with Crippen LogP contribution in [0.4, 0.5) is 10.2 Å². The topological polar surface area (TPSA) is 59.8 Å². The van der Waals surface area contributed by atoms with Crippen molar-refractivity contribution in [1.82, 2.24) is 9.88 Å². The largest absolute Gasteiger partial charge is 0.496 e. The van der Waals surface area contributed by atoms with Crippen molar-refractivity contribution in [3.63, 3.8) is 0 Å². The Morgan fingerprint density at radius 2 is 1.78 bits per heavy atom. The third kappa shape index (κ3) is 5.52. The fraction of sp³-hybridized carbons (Fsp3) is 0.393. The predicted octanol–water partition coefficient (Wildman–Crippen LogP) is 5.47. The van der Waals surface area contributed by atoms with Gasteiger partial charge in [-0.3, -0.25) is 4.99 Å². The molecule has 190 valence electrons. The van der Waals surface area contributed by atoms with Gasteiger partial charge in [0, 0.05) is 43.0 Å². The number of halogens is 2. The molecule has 0 amide bonds. The van der Waals surface area contributed by atoms with Gasteiger partial charge in [0.2, 0.25) is 0 Å². The molecule has 5 rings (SSSR count). The quantitative estimate of drug-likeness (QED) is 0.443. The van der Waals surface area contributed by atoms with Gasteiger partial charge in [0.1, 0.15) is 23.1 Å². The third-order valence-corrected chi connectivity index (χ3v) is 7.43. The summed E-state index contributed by atoms with van der Waals surface area (Å²) in [4.78, 5) is 5.04. The van der Waals surface area contributed by atoms with Crippen LogP contribution in [0.5, 0.6) is 11.5 Å². The van der Waals surface area contributed by atoms with Gasteiger partial charge < -0.3 is 24.7 Å². The molecule has 1 aliphatic heterocycles. The van der Waals surface area contributed by atoms with Crippen LogP contribution >= 0.6 is 11.6 Å². The van der Waals surface area contributed by atoms with Crippen LogP contribution in [0.2, 0.25) is 5.02 Å². The van der Waals surface area contributed by atoms with Crippen molar-refractivity contribution in [2.24, 2.45) is 4.99 Å². The van der Waals surface area contributed by atoms with E-state index in [-0.39, 0.29) is 11.9 Å². The smallest absolute Gasteiger partial charge is 0.141 e. The number of nitrogens with zero attached hydrogens (tertiary/aromatic N) is 2. The average molecular weight is 511 g/mol. The second-order valence-electron chi connectivity index (χ2n) is 9.49. The number of rotatable bonds is 7. The molecule has 1 atom stereocenters. The van der Waals surface area contributed by atoms with Crippen molar-refractivity contribution < 1.29 is 13.9 Å². The molecule has 1 unspecified atom stereocenters. The van der Waals surface area contributed by atoms with Crippen molar-refractivity contribution in [3.05, 3.63) is 82.1 Å². The number of benzene rings is 2. The van der Waals surface area contributed by atoms with Crippen LogP contribution in [0, 0.1) is 5.82 Å². The first kappa shape index (κ1) is 24.7. The summed E-state index contributed by atoms with van der Waals surface area (Å²) in [7, 11) is 3.26. The third-order valence-electron chi connectivity index (χ3n) is 7.14. The number of fused-ring (bicyclic) bond motifs is 1. The fourth-order valence-corrected chi connectivity index (χ4v) is 5.37. The average Bonchev–Trinajstić information content (AvgIpc) is 3.32. The highest BCUT2D eigenvalue weighted by molar-refractivity contribution is 6.32. The molecule has 0 bridgehead atoms. The van der Waals surface area contributed by atoms with E-state index in [9.17, 15) is 4.39 Å². The number of nitrogens with one attached hydrogen (secondary N) is 2. The Balaban J connectivity index is 1.20.